The van der Waals surface area contributed by atoms with Crippen LogP contribution >= 0.6 is 23.2 Å². The smallest absolute Gasteiger partial charge is 0.253 e. The number of carbonyl (C=O) groups is 2. The number of amides is 2. The topological polar surface area (TPSA) is 65.5 Å². The first kappa shape index (κ1) is 31.3. The fourth-order valence-corrected chi connectivity index (χ4v) is 6.49. The molecule has 2 amide bonds. The van der Waals surface area contributed by atoms with E-state index in [1.54, 1.807) is 11.9 Å². The standard InChI is InChI=1S/C32H42Cl2N4O3/c1-22-17-23(2)19-25(18-22)32(40)36(3)21-30(35-41-4)27(24-8-9-28(33)29(34)20-24)12-16-37-14-10-26(11-15-37)38-13-6-5-7-31(38)39/h8-9,17-20,26-27H,5-7,10-16,21H2,1-4H3/b35-30+. The van der Waals surface area contributed by atoms with Crippen molar-refractivity contribution >= 4 is 40.7 Å². The van der Waals surface area contributed by atoms with Crippen LogP contribution in [0.2, 0.25) is 10.0 Å². The number of benzene rings is 2. The van der Waals surface area contributed by atoms with Gasteiger partial charge < -0.3 is 19.5 Å². The average molecular weight is 602 g/mol. The number of rotatable bonds is 10. The van der Waals surface area contributed by atoms with E-state index in [0.29, 0.717) is 40.5 Å². The van der Waals surface area contributed by atoms with Crippen LogP contribution in [-0.2, 0) is 9.63 Å². The van der Waals surface area contributed by atoms with Gasteiger partial charge >= 0.3 is 0 Å². The quantitative estimate of drug-likeness (QED) is 0.236. The molecule has 0 saturated carbocycles. The molecular formula is C32H42Cl2N4O3. The van der Waals surface area contributed by atoms with E-state index in [4.69, 9.17) is 28.0 Å². The number of nitrogens with zero attached hydrogens (tertiary/aromatic N) is 4. The van der Waals surface area contributed by atoms with Crippen molar-refractivity contribution in [3.63, 3.8) is 0 Å². The lowest BCUT2D eigenvalue weighted by molar-refractivity contribution is -0.136. The van der Waals surface area contributed by atoms with Crippen LogP contribution in [0, 0.1) is 13.8 Å². The first-order valence-corrected chi connectivity index (χ1v) is 15.3. The predicted molar refractivity (Wildman–Crippen MR) is 166 cm³/mol. The normalized spacial score (nSPS) is 18.0. The third-order valence-electron chi connectivity index (χ3n) is 8.26. The highest BCUT2D eigenvalue weighted by molar-refractivity contribution is 6.42. The molecule has 0 aromatic heterocycles. The van der Waals surface area contributed by atoms with Gasteiger partial charge in [0, 0.05) is 50.6 Å². The fraction of sp³-hybridized carbons (Fsp3) is 0.531. The van der Waals surface area contributed by atoms with Gasteiger partial charge in [-0.3, -0.25) is 9.59 Å². The second-order valence-corrected chi connectivity index (χ2v) is 12.2. The van der Waals surface area contributed by atoms with E-state index in [0.717, 1.165) is 80.7 Å². The second-order valence-electron chi connectivity index (χ2n) is 11.4. The van der Waals surface area contributed by atoms with Gasteiger partial charge in [-0.05, 0) is 82.3 Å². The van der Waals surface area contributed by atoms with E-state index >= 15 is 0 Å². The van der Waals surface area contributed by atoms with Crippen molar-refractivity contribution in [3.05, 3.63) is 68.7 Å². The molecule has 0 radical (unpaired) electrons. The van der Waals surface area contributed by atoms with Crippen LogP contribution < -0.4 is 0 Å². The van der Waals surface area contributed by atoms with Gasteiger partial charge in [0.25, 0.3) is 5.91 Å². The second kappa shape index (κ2) is 14.5. The number of halogens is 2. The number of aryl methyl sites for hydroxylation is 2. The third kappa shape index (κ3) is 8.24. The Bertz CT molecular complexity index is 1240. The molecule has 2 aliphatic rings. The van der Waals surface area contributed by atoms with Crippen LogP contribution in [0.1, 0.15) is 71.5 Å². The summed E-state index contributed by atoms with van der Waals surface area (Å²) in [5, 5.41) is 5.41. The maximum Gasteiger partial charge on any atom is 0.253 e. The number of carbonyl (C=O) groups excluding carboxylic acids is 2. The van der Waals surface area contributed by atoms with Gasteiger partial charge in [-0.25, -0.2) is 0 Å². The van der Waals surface area contributed by atoms with E-state index in [1.807, 2.05) is 44.2 Å². The molecule has 0 N–H and O–H groups in total. The van der Waals surface area contributed by atoms with Crippen molar-refractivity contribution in [2.75, 3.05) is 46.9 Å². The van der Waals surface area contributed by atoms with Gasteiger partial charge in [-0.2, -0.15) is 0 Å². The molecule has 2 aliphatic heterocycles. The highest BCUT2D eigenvalue weighted by Gasteiger charge is 2.30. The van der Waals surface area contributed by atoms with Gasteiger partial charge in [-0.15, -0.1) is 0 Å². The summed E-state index contributed by atoms with van der Waals surface area (Å²) in [4.78, 5) is 37.4. The van der Waals surface area contributed by atoms with Crippen molar-refractivity contribution in [3.8, 4) is 0 Å². The van der Waals surface area contributed by atoms with E-state index < -0.39 is 0 Å². The Hall–Kier alpha value is -2.61. The molecule has 0 spiro atoms. The van der Waals surface area contributed by atoms with Crippen LogP contribution in [0.3, 0.4) is 0 Å². The summed E-state index contributed by atoms with van der Waals surface area (Å²) in [6.07, 6.45) is 5.58. The first-order valence-electron chi connectivity index (χ1n) is 14.6. The zero-order valence-corrected chi connectivity index (χ0v) is 26.2. The first-order chi connectivity index (χ1) is 19.7. The fourth-order valence-electron chi connectivity index (χ4n) is 6.19. The lowest BCUT2D eigenvalue weighted by Crippen LogP contribution is -2.49. The molecule has 4 rings (SSSR count). The summed E-state index contributed by atoms with van der Waals surface area (Å²) in [6.45, 7) is 7.94. The molecular weight excluding hydrogens is 559 g/mol. The summed E-state index contributed by atoms with van der Waals surface area (Å²) in [5.41, 5.74) is 4.49. The van der Waals surface area contributed by atoms with Crippen LogP contribution in [0.4, 0.5) is 0 Å². The largest absolute Gasteiger partial charge is 0.399 e. The Morgan fingerprint density at radius 2 is 1.76 bits per heavy atom. The number of piperidine rings is 2. The predicted octanol–water partition coefficient (Wildman–Crippen LogP) is 6.34. The van der Waals surface area contributed by atoms with E-state index in [9.17, 15) is 9.59 Å². The Kier molecular flexibility index (Phi) is 11.1. The average Bonchev–Trinajstić information content (AvgIpc) is 2.94. The minimum absolute atomic E-state index is 0.0668. The van der Waals surface area contributed by atoms with Crippen LogP contribution in [0.15, 0.2) is 41.6 Å². The molecule has 2 aromatic carbocycles. The molecule has 2 fully saturated rings. The third-order valence-corrected chi connectivity index (χ3v) is 9.00. The minimum atomic E-state index is -0.124. The van der Waals surface area contributed by atoms with Crippen LogP contribution in [0.25, 0.3) is 0 Å². The molecule has 1 atom stereocenters. The molecule has 9 heteroatoms. The lowest BCUT2D eigenvalue weighted by atomic mass is 9.89. The molecule has 0 bridgehead atoms. The van der Waals surface area contributed by atoms with E-state index in [-0.39, 0.29) is 11.8 Å². The highest BCUT2D eigenvalue weighted by atomic mass is 35.5. The SMILES string of the molecule is CO/N=C(\CN(C)C(=O)c1cc(C)cc(C)c1)C(CCN1CCC(N2CCCCC2=O)CC1)c1ccc(Cl)c(Cl)c1. The maximum absolute atomic E-state index is 13.4. The van der Waals surface area contributed by atoms with Gasteiger partial charge in [0.1, 0.15) is 7.11 Å². The van der Waals surface area contributed by atoms with Crippen molar-refractivity contribution in [2.24, 2.45) is 5.16 Å². The van der Waals surface area contributed by atoms with Crippen LogP contribution in [-0.4, -0.2) is 85.1 Å². The zero-order valence-electron chi connectivity index (χ0n) is 24.7. The molecule has 2 heterocycles. The molecule has 7 nitrogen and oxygen atoms in total. The molecule has 41 heavy (non-hydrogen) atoms. The number of hydrogen-bond donors (Lipinski definition) is 0. The summed E-state index contributed by atoms with van der Waals surface area (Å²) >= 11 is 12.7. The Balaban J connectivity index is 1.48. The Morgan fingerprint density at radius 3 is 2.39 bits per heavy atom. The maximum atomic E-state index is 13.4. The van der Waals surface area contributed by atoms with Gasteiger partial charge in [0.2, 0.25) is 5.91 Å². The number of oxime groups is 1. The van der Waals surface area contributed by atoms with Gasteiger partial charge in [-0.1, -0.05) is 51.6 Å². The number of hydrogen-bond acceptors (Lipinski definition) is 5. The summed E-state index contributed by atoms with van der Waals surface area (Å²) < 4.78 is 0. The van der Waals surface area contributed by atoms with Crippen molar-refractivity contribution in [1.29, 1.82) is 0 Å². The highest BCUT2D eigenvalue weighted by Crippen LogP contribution is 2.31. The lowest BCUT2D eigenvalue weighted by Gasteiger charge is -2.40. The molecule has 1 unspecified atom stereocenters. The molecule has 0 aliphatic carbocycles. The van der Waals surface area contributed by atoms with Crippen molar-refractivity contribution in [2.45, 2.75) is 64.3 Å². The van der Waals surface area contributed by atoms with Crippen molar-refractivity contribution < 1.29 is 14.4 Å². The zero-order chi connectivity index (χ0) is 29.5. The molecule has 2 aromatic rings. The summed E-state index contributed by atoms with van der Waals surface area (Å²) in [5.74, 6) is 0.123. The van der Waals surface area contributed by atoms with Crippen molar-refractivity contribution in [1.82, 2.24) is 14.7 Å². The summed E-state index contributed by atoms with van der Waals surface area (Å²) in [6, 6.07) is 11.9. The van der Waals surface area contributed by atoms with Gasteiger partial charge in [0.05, 0.1) is 22.3 Å². The van der Waals surface area contributed by atoms with E-state index in [2.05, 4.69) is 21.0 Å². The van der Waals surface area contributed by atoms with Crippen LogP contribution in [0.5, 0.6) is 0 Å². The number of likely N-dealkylation sites (tertiary alicyclic amines) is 2. The van der Waals surface area contributed by atoms with Gasteiger partial charge in [0.15, 0.2) is 0 Å². The molecule has 222 valence electrons. The Labute approximate surface area is 254 Å². The monoisotopic (exact) mass is 600 g/mol. The van der Waals surface area contributed by atoms with E-state index in [1.165, 1.54) is 7.11 Å². The molecule has 2 saturated heterocycles. The summed E-state index contributed by atoms with van der Waals surface area (Å²) in [7, 11) is 3.33. The Morgan fingerprint density at radius 1 is 1.05 bits per heavy atom. The minimum Gasteiger partial charge on any atom is -0.399 e.